The van der Waals surface area contributed by atoms with E-state index in [4.69, 9.17) is 5.73 Å². The lowest BCUT2D eigenvalue weighted by molar-refractivity contribution is -0.117. The van der Waals surface area contributed by atoms with E-state index in [0.29, 0.717) is 23.9 Å². The maximum Gasteiger partial charge on any atom is 0.226 e. The quantitative estimate of drug-likeness (QED) is 0.792. The van der Waals surface area contributed by atoms with Gasteiger partial charge in [-0.25, -0.2) is 4.98 Å². The summed E-state index contributed by atoms with van der Waals surface area (Å²) in [5.41, 5.74) is 5.52. The van der Waals surface area contributed by atoms with E-state index in [1.165, 1.54) is 11.5 Å². The van der Waals surface area contributed by atoms with E-state index in [1.807, 2.05) is 6.92 Å². The van der Waals surface area contributed by atoms with Gasteiger partial charge in [0.1, 0.15) is 5.82 Å². The maximum absolute atomic E-state index is 11.5. The second-order valence-electron chi connectivity index (χ2n) is 3.41. The standard InChI is InChI=1S/C9H16N4OS/c1-3-7(5-10)4-8(14)12-9-11-6(2)13-15-9/h7H,3-5,10H2,1-2H3,(H,11,12,13,14). The van der Waals surface area contributed by atoms with Crippen LogP contribution in [0.15, 0.2) is 0 Å². The molecule has 1 aromatic rings. The van der Waals surface area contributed by atoms with Crippen LogP contribution in [0.4, 0.5) is 5.13 Å². The molecule has 1 unspecified atom stereocenters. The predicted octanol–water partition coefficient (Wildman–Crippen LogP) is 1.16. The topological polar surface area (TPSA) is 80.9 Å². The number of anilines is 1. The number of carbonyl (C=O) groups excluding carboxylic acids is 1. The van der Waals surface area contributed by atoms with E-state index in [1.54, 1.807) is 6.92 Å². The maximum atomic E-state index is 11.5. The molecule has 0 aromatic carbocycles. The fourth-order valence-corrected chi connectivity index (χ4v) is 1.77. The lowest BCUT2D eigenvalue weighted by Crippen LogP contribution is -2.21. The average molecular weight is 228 g/mol. The van der Waals surface area contributed by atoms with E-state index in [2.05, 4.69) is 14.7 Å². The van der Waals surface area contributed by atoms with Crippen LogP contribution in [0.1, 0.15) is 25.6 Å². The number of nitrogens with two attached hydrogens (primary N) is 1. The Balaban J connectivity index is 2.42. The van der Waals surface area contributed by atoms with Crippen LogP contribution in [-0.4, -0.2) is 21.8 Å². The molecular formula is C9H16N4OS. The number of hydrogen-bond donors (Lipinski definition) is 2. The summed E-state index contributed by atoms with van der Waals surface area (Å²) in [7, 11) is 0. The van der Waals surface area contributed by atoms with E-state index in [9.17, 15) is 4.79 Å². The van der Waals surface area contributed by atoms with Gasteiger partial charge >= 0.3 is 0 Å². The predicted molar refractivity (Wildman–Crippen MR) is 60.7 cm³/mol. The average Bonchev–Trinajstić information content (AvgIpc) is 2.60. The first-order chi connectivity index (χ1) is 7.15. The van der Waals surface area contributed by atoms with Crippen LogP contribution in [0.3, 0.4) is 0 Å². The van der Waals surface area contributed by atoms with Gasteiger partial charge in [0.05, 0.1) is 0 Å². The van der Waals surface area contributed by atoms with Crippen LogP contribution in [0.2, 0.25) is 0 Å². The third kappa shape index (κ3) is 3.93. The molecule has 3 N–H and O–H groups in total. The summed E-state index contributed by atoms with van der Waals surface area (Å²) in [6.45, 7) is 4.36. The minimum atomic E-state index is -0.0385. The Bertz CT molecular complexity index is 322. The zero-order chi connectivity index (χ0) is 11.3. The minimum Gasteiger partial charge on any atom is -0.330 e. The number of nitrogens with zero attached hydrogens (tertiary/aromatic N) is 2. The number of carbonyl (C=O) groups is 1. The van der Waals surface area contributed by atoms with E-state index < -0.39 is 0 Å². The van der Waals surface area contributed by atoms with Gasteiger partial charge in [0, 0.05) is 18.0 Å². The van der Waals surface area contributed by atoms with Gasteiger partial charge in [-0.1, -0.05) is 13.3 Å². The summed E-state index contributed by atoms with van der Waals surface area (Å²) in [6.07, 6.45) is 1.37. The highest BCUT2D eigenvalue weighted by Gasteiger charge is 2.11. The molecule has 0 aliphatic carbocycles. The number of amides is 1. The molecule has 5 nitrogen and oxygen atoms in total. The summed E-state index contributed by atoms with van der Waals surface area (Å²) in [4.78, 5) is 15.6. The molecule has 0 aliphatic rings. The molecule has 6 heteroatoms. The summed E-state index contributed by atoms with van der Waals surface area (Å²) < 4.78 is 3.98. The molecule has 0 aliphatic heterocycles. The Hall–Kier alpha value is -1.01. The Morgan fingerprint density at radius 2 is 2.40 bits per heavy atom. The first kappa shape index (κ1) is 12.1. The minimum absolute atomic E-state index is 0.0385. The van der Waals surface area contributed by atoms with Crippen molar-refractivity contribution in [3.8, 4) is 0 Å². The SMILES string of the molecule is CCC(CN)CC(=O)Nc1nc(C)ns1. The molecule has 84 valence electrons. The zero-order valence-corrected chi connectivity index (χ0v) is 9.80. The molecule has 0 saturated carbocycles. The normalized spacial score (nSPS) is 12.5. The molecule has 0 saturated heterocycles. The molecule has 1 rings (SSSR count). The Labute approximate surface area is 93.3 Å². The van der Waals surface area contributed by atoms with Gasteiger partial charge in [0.15, 0.2) is 0 Å². The second-order valence-corrected chi connectivity index (χ2v) is 4.16. The van der Waals surface area contributed by atoms with Crippen molar-refractivity contribution in [2.45, 2.75) is 26.7 Å². The molecule has 1 aromatic heterocycles. The van der Waals surface area contributed by atoms with Crippen molar-refractivity contribution in [1.29, 1.82) is 0 Å². The van der Waals surface area contributed by atoms with Crippen LogP contribution < -0.4 is 11.1 Å². The van der Waals surface area contributed by atoms with Crippen molar-refractivity contribution >= 4 is 22.6 Å². The molecular weight excluding hydrogens is 212 g/mol. The highest BCUT2D eigenvalue weighted by Crippen LogP contribution is 2.12. The van der Waals surface area contributed by atoms with Crippen molar-refractivity contribution in [3.63, 3.8) is 0 Å². The van der Waals surface area contributed by atoms with Gasteiger partial charge in [-0.3, -0.25) is 4.79 Å². The fraction of sp³-hybridized carbons (Fsp3) is 0.667. The monoisotopic (exact) mass is 228 g/mol. The molecule has 0 radical (unpaired) electrons. The Morgan fingerprint density at radius 1 is 1.67 bits per heavy atom. The van der Waals surface area contributed by atoms with Gasteiger partial charge in [-0.15, -0.1) is 0 Å². The van der Waals surface area contributed by atoms with Crippen LogP contribution in [-0.2, 0) is 4.79 Å². The fourth-order valence-electron chi connectivity index (χ4n) is 1.17. The Kier molecular flexibility index (Phi) is 4.64. The van der Waals surface area contributed by atoms with Crippen molar-refractivity contribution < 1.29 is 4.79 Å². The van der Waals surface area contributed by atoms with E-state index >= 15 is 0 Å². The molecule has 0 fully saturated rings. The van der Waals surface area contributed by atoms with Crippen LogP contribution in [0.5, 0.6) is 0 Å². The molecule has 0 spiro atoms. The molecule has 1 atom stereocenters. The van der Waals surface area contributed by atoms with Crippen molar-refractivity contribution in [3.05, 3.63) is 5.82 Å². The van der Waals surface area contributed by atoms with Crippen molar-refractivity contribution in [2.24, 2.45) is 11.7 Å². The van der Waals surface area contributed by atoms with Gasteiger partial charge in [0.2, 0.25) is 11.0 Å². The Morgan fingerprint density at radius 3 is 2.87 bits per heavy atom. The van der Waals surface area contributed by atoms with Crippen molar-refractivity contribution in [2.75, 3.05) is 11.9 Å². The summed E-state index contributed by atoms with van der Waals surface area (Å²) >= 11 is 1.20. The lowest BCUT2D eigenvalue weighted by Gasteiger charge is -2.10. The largest absolute Gasteiger partial charge is 0.330 e. The smallest absolute Gasteiger partial charge is 0.226 e. The van der Waals surface area contributed by atoms with Crippen molar-refractivity contribution in [1.82, 2.24) is 9.36 Å². The molecule has 0 bridgehead atoms. The molecule has 1 heterocycles. The first-order valence-corrected chi connectivity index (χ1v) is 5.73. The highest BCUT2D eigenvalue weighted by atomic mass is 32.1. The number of aryl methyl sites for hydroxylation is 1. The summed E-state index contributed by atoms with van der Waals surface area (Å²) in [5, 5.41) is 3.27. The molecule has 15 heavy (non-hydrogen) atoms. The third-order valence-corrected chi connectivity index (χ3v) is 2.88. The van der Waals surface area contributed by atoms with E-state index in [-0.39, 0.29) is 11.8 Å². The number of hydrogen-bond acceptors (Lipinski definition) is 5. The van der Waals surface area contributed by atoms with Gasteiger partial charge in [-0.2, -0.15) is 4.37 Å². The van der Waals surface area contributed by atoms with Crippen LogP contribution >= 0.6 is 11.5 Å². The van der Waals surface area contributed by atoms with E-state index in [0.717, 1.165) is 6.42 Å². The first-order valence-electron chi connectivity index (χ1n) is 4.96. The number of aromatic nitrogens is 2. The van der Waals surface area contributed by atoms with Crippen LogP contribution in [0.25, 0.3) is 0 Å². The number of rotatable bonds is 5. The van der Waals surface area contributed by atoms with Gasteiger partial charge < -0.3 is 11.1 Å². The third-order valence-electron chi connectivity index (χ3n) is 2.16. The lowest BCUT2D eigenvalue weighted by atomic mass is 10.0. The highest BCUT2D eigenvalue weighted by molar-refractivity contribution is 7.09. The summed E-state index contributed by atoms with van der Waals surface area (Å²) in [5.74, 6) is 0.892. The second kappa shape index (κ2) is 5.77. The zero-order valence-electron chi connectivity index (χ0n) is 8.99. The number of nitrogens with one attached hydrogen (secondary N) is 1. The summed E-state index contributed by atoms with van der Waals surface area (Å²) in [6, 6.07) is 0. The van der Waals surface area contributed by atoms with Gasteiger partial charge in [-0.05, 0) is 19.4 Å². The van der Waals surface area contributed by atoms with Gasteiger partial charge in [0.25, 0.3) is 0 Å². The molecule has 1 amide bonds. The van der Waals surface area contributed by atoms with Crippen LogP contribution in [0, 0.1) is 12.8 Å².